The van der Waals surface area contributed by atoms with Crippen molar-refractivity contribution in [3.63, 3.8) is 0 Å². The molecule has 23 heavy (non-hydrogen) atoms. The van der Waals surface area contributed by atoms with Gasteiger partial charge < -0.3 is 28.4 Å². The van der Waals surface area contributed by atoms with Gasteiger partial charge in [-0.25, -0.2) is 0 Å². The highest BCUT2D eigenvalue weighted by Gasteiger charge is 2.51. The van der Waals surface area contributed by atoms with Crippen LogP contribution in [0.15, 0.2) is 0 Å². The Morgan fingerprint density at radius 3 is 1.57 bits per heavy atom. The van der Waals surface area contributed by atoms with Crippen molar-refractivity contribution in [2.24, 2.45) is 5.41 Å². The van der Waals surface area contributed by atoms with E-state index in [1.807, 2.05) is 41.5 Å². The van der Waals surface area contributed by atoms with Gasteiger partial charge in [0.1, 0.15) is 0 Å². The highest BCUT2D eigenvalue weighted by atomic mass is 16.9. The molecule has 1 spiro atoms. The lowest BCUT2D eigenvalue weighted by molar-refractivity contribution is -0.473. The van der Waals surface area contributed by atoms with E-state index < -0.39 is 11.9 Å². The van der Waals surface area contributed by atoms with Gasteiger partial charge in [0.25, 0.3) is 11.9 Å². The van der Waals surface area contributed by atoms with Crippen LogP contribution in [0.5, 0.6) is 0 Å². The minimum Gasteiger partial charge on any atom is -0.328 e. The highest BCUT2D eigenvalue weighted by molar-refractivity contribution is 4.87. The molecule has 0 unspecified atom stereocenters. The Balaban J connectivity index is 1.96. The molecule has 0 saturated carbocycles. The van der Waals surface area contributed by atoms with Gasteiger partial charge in [0.05, 0.1) is 37.4 Å². The number of rotatable bonds is 5. The van der Waals surface area contributed by atoms with Gasteiger partial charge in [-0.3, -0.25) is 0 Å². The SMILES string of the molecule is CCOC1(CC)OCC2(CO1)COC(CC)(OC(C)(C)C)OC2. The van der Waals surface area contributed by atoms with Crippen LogP contribution in [0.3, 0.4) is 0 Å². The second kappa shape index (κ2) is 6.94. The summed E-state index contributed by atoms with van der Waals surface area (Å²) >= 11 is 0. The third-order valence-electron chi connectivity index (χ3n) is 4.09. The standard InChI is InChI=1S/C17H32O6/c1-7-16(18-9-3)19-10-15(11-20-16)12-21-17(8-2,22-13-15)23-14(4,5)6/h7-13H2,1-6H3. The van der Waals surface area contributed by atoms with Crippen molar-refractivity contribution in [3.05, 3.63) is 0 Å². The van der Waals surface area contributed by atoms with Crippen molar-refractivity contribution >= 4 is 0 Å². The maximum absolute atomic E-state index is 6.00. The molecule has 2 saturated heterocycles. The quantitative estimate of drug-likeness (QED) is 0.771. The zero-order chi connectivity index (χ0) is 17.2. The molecule has 136 valence electrons. The van der Waals surface area contributed by atoms with Crippen LogP contribution in [0.25, 0.3) is 0 Å². The van der Waals surface area contributed by atoms with Crippen molar-refractivity contribution < 1.29 is 28.4 Å². The first-order chi connectivity index (χ1) is 10.7. The van der Waals surface area contributed by atoms with Gasteiger partial charge >= 0.3 is 0 Å². The molecule has 6 heteroatoms. The van der Waals surface area contributed by atoms with E-state index in [1.165, 1.54) is 0 Å². The third-order valence-corrected chi connectivity index (χ3v) is 4.09. The molecule has 2 fully saturated rings. The summed E-state index contributed by atoms with van der Waals surface area (Å²) in [7, 11) is 0. The predicted octanol–water partition coefficient (Wildman–Crippen LogP) is 3.05. The van der Waals surface area contributed by atoms with Crippen LogP contribution in [0.2, 0.25) is 0 Å². The Morgan fingerprint density at radius 2 is 1.22 bits per heavy atom. The fourth-order valence-electron chi connectivity index (χ4n) is 2.80. The maximum atomic E-state index is 6.00. The van der Waals surface area contributed by atoms with E-state index in [0.717, 1.165) is 0 Å². The lowest BCUT2D eigenvalue weighted by Gasteiger charge is -2.50. The van der Waals surface area contributed by atoms with Crippen molar-refractivity contribution in [1.29, 1.82) is 0 Å². The van der Waals surface area contributed by atoms with E-state index in [9.17, 15) is 0 Å². The number of ether oxygens (including phenoxy) is 6. The molecule has 2 aliphatic rings. The van der Waals surface area contributed by atoms with Crippen LogP contribution in [-0.4, -0.2) is 50.6 Å². The smallest absolute Gasteiger partial charge is 0.283 e. The summed E-state index contributed by atoms with van der Waals surface area (Å²) in [5.41, 5.74) is -0.651. The van der Waals surface area contributed by atoms with Crippen LogP contribution >= 0.6 is 0 Å². The van der Waals surface area contributed by atoms with Gasteiger partial charge in [0.2, 0.25) is 0 Å². The number of hydrogen-bond acceptors (Lipinski definition) is 6. The Kier molecular flexibility index (Phi) is 5.76. The van der Waals surface area contributed by atoms with E-state index in [-0.39, 0.29) is 11.0 Å². The molecule has 0 bridgehead atoms. The van der Waals surface area contributed by atoms with Gasteiger partial charge in [0, 0.05) is 19.4 Å². The maximum Gasteiger partial charge on any atom is 0.283 e. The topological polar surface area (TPSA) is 55.4 Å². The fraction of sp³-hybridized carbons (Fsp3) is 1.00. The molecule has 0 aromatic rings. The van der Waals surface area contributed by atoms with Crippen LogP contribution < -0.4 is 0 Å². The van der Waals surface area contributed by atoms with E-state index in [4.69, 9.17) is 28.4 Å². The van der Waals surface area contributed by atoms with Gasteiger partial charge in [-0.2, -0.15) is 0 Å². The molecule has 2 rings (SSSR count). The fourth-order valence-corrected chi connectivity index (χ4v) is 2.80. The van der Waals surface area contributed by atoms with E-state index in [1.54, 1.807) is 0 Å². The number of hydrogen-bond donors (Lipinski definition) is 0. The second-order valence-corrected chi connectivity index (χ2v) is 7.38. The molecule has 0 aliphatic carbocycles. The first-order valence-electron chi connectivity index (χ1n) is 8.61. The lowest BCUT2D eigenvalue weighted by atomic mass is 9.90. The molecule has 0 aromatic heterocycles. The summed E-state index contributed by atoms with van der Waals surface area (Å²) in [6.45, 7) is 14.4. The second-order valence-electron chi connectivity index (χ2n) is 7.38. The van der Waals surface area contributed by atoms with E-state index >= 15 is 0 Å². The van der Waals surface area contributed by atoms with Crippen molar-refractivity contribution in [2.75, 3.05) is 33.0 Å². The minimum atomic E-state index is -0.983. The zero-order valence-corrected chi connectivity index (χ0v) is 15.4. The summed E-state index contributed by atoms with van der Waals surface area (Å²) in [4.78, 5) is 0. The molecule has 0 amide bonds. The summed E-state index contributed by atoms with van der Waals surface area (Å²) < 4.78 is 35.4. The molecule has 0 atom stereocenters. The molecule has 6 nitrogen and oxygen atoms in total. The monoisotopic (exact) mass is 332 g/mol. The van der Waals surface area contributed by atoms with E-state index in [0.29, 0.717) is 45.9 Å². The van der Waals surface area contributed by atoms with E-state index in [2.05, 4.69) is 0 Å². The van der Waals surface area contributed by atoms with Gasteiger partial charge in [0.15, 0.2) is 0 Å². The Bertz CT molecular complexity index is 371. The van der Waals surface area contributed by atoms with Crippen LogP contribution in [0.1, 0.15) is 54.4 Å². The van der Waals surface area contributed by atoms with Crippen molar-refractivity contribution in [3.8, 4) is 0 Å². The van der Waals surface area contributed by atoms with Crippen LogP contribution in [0.4, 0.5) is 0 Å². The molecular formula is C17H32O6. The van der Waals surface area contributed by atoms with Gasteiger partial charge in [-0.05, 0) is 27.7 Å². The first-order valence-corrected chi connectivity index (χ1v) is 8.61. The summed E-state index contributed by atoms with van der Waals surface area (Å²) in [6, 6.07) is 0. The third kappa shape index (κ3) is 4.44. The highest BCUT2D eigenvalue weighted by Crippen LogP contribution is 2.40. The van der Waals surface area contributed by atoms with Crippen molar-refractivity contribution in [1.82, 2.24) is 0 Å². The minimum absolute atomic E-state index is 0.310. The van der Waals surface area contributed by atoms with Gasteiger partial charge in [-0.15, -0.1) is 0 Å². The van der Waals surface area contributed by atoms with Crippen LogP contribution in [-0.2, 0) is 28.4 Å². The predicted molar refractivity (Wildman–Crippen MR) is 84.7 cm³/mol. The molecule has 0 N–H and O–H groups in total. The first kappa shape index (κ1) is 19.1. The Morgan fingerprint density at radius 1 is 0.783 bits per heavy atom. The summed E-state index contributed by atoms with van der Waals surface area (Å²) in [5.74, 6) is -1.91. The largest absolute Gasteiger partial charge is 0.328 e. The van der Waals surface area contributed by atoms with Crippen LogP contribution in [0, 0.1) is 5.41 Å². The van der Waals surface area contributed by atoms with Gasteiger partial charge in [-0.1, -0.05) is 13.8 Å². The average Bonchev–Trinajstić information content (AvgIpc) is 2.51. The molecule has 0 radical (unpaired) electrons. The molecule has 2 heterocycles. The van der Waals surface area contributed by atoms with Crippen molar-refractivity contribution in [2.45, 2.75) is 71.9 Å². The normalized spacial score (nSPS) is 38.9. The zero-order valence-electron chi connectivity index (χ0n) is 15.4. The molecule has 0 aromatic carbocycles. The molecular weight excluding hydrogens is 300 g/mol. The lowest BCUT2D eigenvalue weighted by Crippen LogP contribution is -2.60. The summed E-state index contributed by atoms with van der Waals surface area (Å²) in [6.07, 6.45) is 1.27. The molecule has 2 aliphatic heterocycles. The Labute approximate surface area is 139 Å². The average molecular weight is 332 g/mol. The summed E-state index contributed by atoms with van der Waals surface area (Å²) in [5, 5.41) is 0. The Hall–Kier alpha value is -0.240.